The zero-order chi connectivity index (χ0) is 15.2. The van der Waals surface area contributed by atoms with E-state index >= 15 is 0 Å². The summed E-state index contributed by atoms with van der Waals surface area (Å²) in [5, 5.41) is 7.48. The lowest BCUT2D eigenvalue weighted by molar-refractivity contribution is -0.123. The third-order valence-corrected chi connectivity index (χ3v) is 6.16. The van der Waals surface area contributed by atoms with Gasteiger partial charge in [-0.05, 0) is 74.2 Å². The number of carbonyl (C=O) groups is 1. The Kier molecular flexibility index (Phi) is 3.50. The highest BCUT2D eigenvalue weighted by Crippen LogP contribution is 2.59. The molecule has 0 spiro atoms. The normalized spacial score (nSPS) is 35.8. The maximum Gasteiger partial charge on any atom is 0.221 e. The average Bonchev–Trinajstić information content (AvgIpc) is 2.87. The predicted octanol–water partition coefficient (Wildman–Crippen LogP) is 2.91. The molecule has 4 nitrogen and oxygen atoms in total. The maximum atomic E-state index is 12.2. The van der Waals surface area contributed by atoms with E-state index in [1.807, 2.05) is 24.0 Å². The van der Waals surface area contributed by atoms with Crippen molar-refractivity contribution in [2.24, 2.45) is 23.2 Å². The van der Waals surface area contributed by atoms with Crippen LogP contribution in [0.2, 0.25) is 0 Å². The lowest BCUT2D eigenvalue weighted by Gasteiger charge is -2.56. The highest BCUT2D eigenvalue weighted by atomic mass is 16.1. The fraction of sp³-hybridized carbons (Fsp3) is 0.778. The molecule has 1 heterocycles. The van der Waals surface area contributed by atoms with Crippen LogP contribution in [-0.2, 0) is 11.3 Å². The van der Waals surface area contributed by atoms with E-state index < -0.39 is 0 Å². The van der Waals surface area contributed by atoms with E-state index in [9.17, 15) is 4.79 Å². The molecule has 4 aliphatic rings. The van der Waals surface area contributed by atoms with Gasteiger partial charge >= 0.3 is 0 Å². The first kappa shape index (κ1) is 14.3. The molecule has 4 heteroatoms. The summed E-state index contributed by atoms with van der Waals surface area (Å²) < 4.78 is 1.86. The van der Waals surface area contributed by atoms with Crippen LogP contribution in [0.1, 0.15) is 50.5 Å². The van der Waals surface area contributed by atoms with Crippen molar-refractivity contribution in [3.05, 3.63) is 18.0 Å². The highest BCUT2D eigenvalue weighted by molar-refractivity contribution is 5.75. The Morgan fingerprint density at radius 3 is 2.45 bits per heavy atom. The molecule has 0 radical (unpaired) electrons. The number of rotatable bonds is 5. The summed E-state index contributed by atoms with van der Waals surface area (Å²) in [4.78, 5) is 12.2. The van der Waals surface area contributed by atoms with E-state index in [1.54, 1.807) is 0 Å². The zero-order valence-corrected chi connectivity index (χ0v) is 13.6. The van der Waals surface area contributed by atoms with Crippen molar-refractivity contribution in [1.29, 1.82) is 0 Å². The van der Waals surface area contributed by atoms with Crippen LogP contribution in [0.5, 0.6) is 0 Å². The molecule has 0 aliphatic heterocycles. The molecule has 1 amide bonds. The minimum atomic E-state index is 0.184. The van der Waals surface area contributed by atoms with Crippen LogP contribution in [0.4, 0.5) is 0 Å². The van der Waals surface area contributed by atoms with Crippen LogP contribution in [0, 0.1) is 30.1 Å². The maximum absolute atomic E-state index is 12.2. The summed E-state index contributed by atoms with van der Waals surface area (Å²) in [6.45, 7) is 3.62. The first-order valence-electron chi connectivity index (χ1n) is 8.86. The van der Waals surface area contributed by atoms with Crippen LogP contribution in [0.3, 0.4) is 0 Å². The van der Waals surface area contributed by atoms with E-state index in [1.165, 1.54) is 38.5 Å². The fourth-order valence-electron chi connectivity index (χ4n) is 5.69. The van der Waals surface area contributed by atoms with E-state index in [0.29, 0.717) is 18.4 Å². The number of hydrogen-bond acceptors (Lipinski definition) is 2. The Morgan fingerprint density at radius 1 is 1.27 bits per heavy atom. The summed E-state index contributed by atoms with van der Waals surface area (Å²) in [6.07, 6.45) is 12.8. The van der Waals surface area contributed by atoms with Crippen molar-refractivity contribution in [1.82, 2.24) is 15.1 Å². The van der Waals surface area contributed by atoms with Crippen molar-refractivity contribution >= 4 is 5.91 Å². The Bertz CT molecular complexity index is 527. The number of aromatic nitrogens is 2. The van der Waals surface area contributed by atoms with E-state index in [-0.39, 0.29) is 5.91 Å². The Morgan fingerprint density at radius 2 is 1.91 bits per heavy atom. The van der Waals surface area contributed by atoms with Crippen LogP contribution in [0.25, 0.3) is 0 Å². The second-order valence-electron chi connectivity index (χ2n) is 8.23. The Labute approximate surface area is 132 Å². The van der Waals surface area contributed by atoms with Crippen molar-refractivity contribution in [2.45, 2.75) is 58.4 Å². The summed E-state index contributed by atoms with van der Waals surface area (Å²) in [5.74, 6) is 3.05. The number of nitrogens with zero attached hydrogens (tertiary/aromatic N) is 2. The largest absolute Gasteiger partial charge is 0.355 e. The zero-order valence-electron chi connectivity index (χ0n) is 13.6. The minimum absolute atomic E-state index is 0.184. The molecule has 4 saturated carbocycles. The molecule has 22 heavy (non-hydrogen) atoms. The molecule has 1 aromatic rings. The quantitative estimate of drug-likeness (QED) is 0.909. The van der Waals surface area contributed by atoms with Gasteiger partial charge in [0.15, 0.2) is 0 Å². The van der Waals surface area contributed by atoms with Crippen LogP contribution >= 0.6 is 0 Å². The highest BCUT2D eigenvalue weighted by Gasteiger charge is 2.50. The van der Waals surface area contributed by atoms with Gasteiger partial charge in [-0.3, -0.25) is 9.48 Å². The molecule has 4 bridgehead atoms. The van der Waals surface area contributed by atoms with Crippen molar-refractivity contribution in [3.63, 3.8) is 0 Å². The molecule has 1 aromatic heterocycles. The Balaban J connectivity index is 1.28. The average molecular weight is 301 g/mol. The minimum Gasteiger partial charge on any atom is -0.355 e. The first-order valence-corrected chi connectivity index (χ1v) is 8.86. The third-order valence-electron chi connectivity index (χ3n) is 6.16. The van der Waals surface area contributed by atoms with Crippen LogP contribution in [0.15, 0.2) is 12.4 Å². The summed E-state index contributed by atoms with van der Waals surface area (Å²) >= 11 is 0. The van der Waals surface area contributed by atoms with E-state index in [4.69, 9.17) is 0 Å². The van der Waals surface area contributed by atoms with Gasteiger partial charge in [0.1, 0.15) is 0 Å². The standard InChI is InChI=1S/C18H27N3O/c1-13-10-20-21(11-13)3-2-17(22)19-12-18-7-14-4-15(8-18)6-16(5-14)9-18/h10-11,14-16H,2-9,12H2,1H3,(H,19,22). The van der Waals surface area contributed by atoms with Crippen molar-refractivity contribution in [2.75, 3.05) is 6.54 Å². The van der Waals surface area contributed by atoms with Gasteiger partial charge in [-0.15, -0.1) is 0 Å². The van der Waals surface area contributed by atoms with E-state index in [0.717, 1.165) is 29.9 Å². The predicted molar refractivity (Wildman–Crippen MR) is 85.2 cm³/mol. The van der Waals surface area contributed by atoms with E-state index in [2.05, 4.69) is 10.4 Å². The van der Waals surface area contributed by atoms with Gasteiger partial charge in [-0.25, -0.2) is 0 Å². The second-order valence-corrected chi connectivity index (χ2v) is 8.23. The molecule has 4 fully saturated rings. The molecule has 1 N–H and O–H groups in total. The van der Waals surface area contributed by atoms with Gasteiger partial charge in [-0.2, -0.15) is 5.10 Å². The molecule has 0 unspecified atom stereocenters. The number of amides is 1. The van der Waals surface area contributed by atoms with Crippen molar-refractivity contribution < 1.29 is 4.79 Å². The summed E-state index contributed by atoms with van der Waals surface area (Å²) in [5.41, 5.74) is 1.58. The van der Waals surface area contributed by atoms with Crippen LogP contribution in [-0.4, -0.2) is 22.2 Å². The molecule has 0 atom stereocenters. The third kappa shape index (κ3) is 2.80. The molecular weight excluding hydrogens is 274 g/mol. The van der Waals surface area contributed by atoms with Gasteiger partial charge in [0.2, 0.25) is 5.91 Å². The molecule has 120 valence electrons. The summed E-state index contributed by atoms with van der Waals surface area (Å²) in [7, 11) is 0. The molecule has 4 aliphatic carbocycles. The molecule has 0 aromatic carbocycles. The molecule has 5 rings (SSSR count). The smallest absolute Gasteiger partial charge is 0.221 e. The molecular formula is C18H27N3O. The second kappa shape index (κ2) is 5.39. The number of nitrogens with one attached hydrogen (secondary N) is 1. The monoisotopic (exact) mass is 301 g/mol. The van der Waals surface area contributed by atoms with Gasteiger partial charge in [0, 0.05) is 25.7 Å². The first-order chi connectivity index (χ1) is 10.6. The lowest BCUT2D eigenvalue weighted by atomic mass is 9.49. The van der Waals surface area contributed by atoms with Gasteiger partial charge < -0.3 is 5.32 Å². The van der Waals surface area contributed by atoms with Gasteiger partial charge in [0.05, 0.1) is 6.20 Å². The SMILES string of the molecule is Cc1cnn(CCC(=O)NCC23CC4CC(CC(C4)C2)C3)c1. The molecule has 0 saturated heterocycles. The van der Waals surface area contributed by atoms with Crippen LogP contribution < -0.4 is 5.32 Å². The Hall–Kier alpha value is -1.32. The van der Waals surface area contributed by atoms with Gasteiger partial charge in [-0.1, -0.05) is 0 Å². The van der Waals surface area contributed by atoms with Crippen molar-refractivity contribution in [3.8, 4) is 0 Å². The number of carbonyl (C=O) groups excluding carboxylic acids is 1. The number of aryl methyl sites for hydroxylation is 2. The number of hydrogen-bond donors (Lipinski definition) is 1. The topological polar surface area (TPSA) is 46.9 Å². The lowest BCUT2D eigenvalue weighted by Crippen LogP contribution is -2.51. The summed E-state index contributed by atoms with van der Waals surface area (Å²) in [6, 6.07) is 0. The fourth-order valence-corrected chi connectivity index (χ4v) is 5.69. The van der Waals surface area contributed by atoms with Gasteiger partial charge in [0.25, 0.3) is 0 Å².